The average molecular weight is 499 g/mol. The van der Waals surface area contributed by atoms with Gasteiger partial charge in [-0.1, -0.05) is 23.7 Å². The van der Waals surface area contributed by atoms with Gasteiger partial charge in [0.2, 0.25) is 11.6 Å². The molecular formula is C23H19ClN4O7. The van der Waals surface area contributed by atoms with Crippen molar-refractivity contribution in [3.05, 3.63) is 63.2 Å². The Morgan fingerprint density at radius 3 is 2.66 bits per heavy atom. The molecule has 2 fully saturated rings. The van der Waals surface area contributed by atoms with Crippen molar-refractivity contribution < 1.29 is 28.8 Å². The number of esters is 1. The van der Waals surface area contributed by atoms with Crippen LogP contribution in [0.2, 0.25) is 5.02 Å². The van der Waals surface area contributed by atoms with E-state index in [-0.39, 0.29) is 47.1 Å². The first-order valence-corrected chi connectivity index (χ1v) is 11.3. The van der Waals surface area contributed by atoms with E-state index in [1.807, 2.05) is 0 Å². The molecule has 0 aromatic heterocycles. The van der Waals surface area contributed by atoms with E-state index in [0.717, 1.165) is 6.07 Å². The second kappa shape index (κ2) is 8.35. The number of carbonyl (C=O) groups is 4. The third-order valence-electron chi connectivity index (χ3n) is 6.30. The number of amides is 3. The fourth-order valence-corrected chi connectivity index (χ4v) is 4.87. The fourth-order valence-electron chi connectivity index (χ4n) is 4.69. The summed E-state index contributed by atoms with van der Waals surface area (Å²) in [5, 5.41) is 13.4. The number of ether oxygens (including phenoxy) is 1. The van der Waals surface area contributed by atoms with Gasteiger partial charge in [0.25, 0.3) is 17.5 Å². The molecule has 11 nitrogen and oxygen atoms in total. The van der Waals surface area contributed by atoms with Crippen LogP contribution < -0.4 is 10.2 Å². The summed E-state index contributed by atoms with van der Waals surface area (Å²) < 4.78 is 5.34. The lowest BCUT2D eigenvalue weighted by atomic mass is 9.96. The monoisotopic (exact) mass is 498 g/mol. The molecule has 5 rings (SSSR count). The highest BCUT2D eigenvalue weighted by molar-refractivity contribution is 6.32. The summed E-state index contributed by atoms with van der Waals surface area (Å²) in [5.41, 5.74) is -1.28. The number of nitrogens with zero attached hydrogens (tertiary/aromatic N) is 3. The highest BCUT2D eigenvalue weighted by Crippen LogP contribution is 2.49. The molecule has 1 aliphatic carbocycles. The Morgan fingerprint density at radius 2 is 1.94 bits per heavy atom. The van der Waals surface area contributed by atoms with Crippen LogP contribution in [0.5, 0.6) is 0 Å². The topological polar surface area (TPSA) is 139 Å². The van der Waals surface area contributed by atoms with Gasteiger partial charge in [0.05, 0.1) is 16.2 Å². The number of halogens is 1. The minimum absolute atomic E-state index is 0.0422. The summed E-state index contributed by atoms with van der Waals surface area (Å²) in [6, 6.07) is 10.1. The predicted octanol–water partition coefficient (Wildman–Crippen LogP) is 2.87. The maximum Gasteiger partial charge on any atom is 0.354 e. The van der Waals surface area contributed by atoms with Gasteiger partial charge in [-0.25, -0.2) is 4.79 Å². The molecule has 1 N–H and O–H groups in total. The van der Waals surface area contributed by atoms with Crippen molar-refractivity contribution in [1.82, 2.24) is 4.90 Å². The van der Waals surface area contributed by atoms with E-state index in [1.54, 1.807) is 24.3 Å². The van der Waals surface area contributed by atoms with E-state index >= 15 is 0 Å². The number of fused-ring (bicyclic) bond motifs is 3. The Morgan fingerprint density at radius 1 is 1.20 bits per heavy atom. The van der Waals surface area contributed by atoms with Crippen LogP contribution in [-0.4, -0.2) is 51.8 Å². The van der Waals surface area contributed by atoms with Gasteiger partial charge in [-0.2, -0.15) is 0 Å². The van der Waals surface area contributed by atoms with Gasteiger partial charge >= 0.3 is 5.97 Å². The first-order valence-electron chi connectivity index (χ1n) is 10.9. The number of anilines is 2. The quantitative estimate of drug-likeness (QED) is 0.367. The highest BCUT2D eigenvalue weighted by Gasteiger charge is 2.64. The number of nitrogens with one attached hydrogen (secondary N) is 1. The summed E-state index contributed by atoms with van der Waals surface area (Å²) in [6.07, 6.45) is 1.48. The van der Waals surface area contributed by atoms with Crippen LogP contribution in [0.15, 0.2) is 42.5 Å². The number of nitro groups is 1. The molecule has 12 heteroatoms. The van der Waals surface area contributed by atoms with Crippen molar-refractivity contribution in [2.45, 2.75) is 37.4 Å². The van der Waals surface area contributed by atoms with Crippen molar-refractivity contribution in [2.75, 3.05) is 16.8 Å². The number of carbonyl (C=O) groups excluding carboxylic acids is 4. The van der Waals surface area contributed by atoms with Crippen LogP contribution in [0.3, 0.4) is 0 Å². The molecule has 1 saturated carbocycles. The van der Waals surface area contributed by atoms with Gasteiger partial charge in [-0.15, -0.1) is 0 Å². The van der Waals surface area contributed by atoms with Crippen molar-refractivity contribution >= 4 is 52.4 Å². The zero-order valence-corrected chi connectivity index (χ0v) is 19.0. The summed E-state index contributed by atoms with van der Waals surface area (Å²) >= 11 is 5.78. The maximum absolute atomic E-state index is 13.5. The van der Waals surface area contributed by atoms with Crippen LogP contribution in [0.25, 0.3) is 0 Å². The van der Waals surface area contributed by atoms with Crippen molar-refractivity contribution in [3.63, 3.8) is 0 Å². The lowest BCUT2D eigenvalue weighted by Crippen LogP contribution is -2.69. The maximum atomic E-state index is 13.5. The van der Waals surface area contributed by atoms with Crippen molar-refractivity contribution in [3.8, 4) is 0 Å². The summed E-state index contributed by atoms with van der Waals surface area (Å²) in [7, 11) is 0. The van der Waals surface area contributed by atoms with Gasteiger partial charge < -0.3 is 15.0 Å². The van der Waals surface area contributed by atoms with Gasteiger partial charge in [-0.05, 0) is 37.1 Å². The van der Waals surface area contributed by atoms with E-state index in [0.29, 0.717) is 24.1 Å². The summed E-state index contributed by atoms with van der Waals surface area (Å²) in [5.74, 6) is -2.30. The SMILES string of the molecule is O=C(COC(=O)C12CCC(=O)N1c1ccccc1C(=O)N2C1CC1)Nc1ccc(Cl)c([N+](=O)[O-])c1. The van der Waals surface area contributed by atoms with Gasteiger partial charge in [0.1, 0.15) is 5.02 Å². The lowest BCUT2D eigenvalue weighted by molar-refractivity contribution is -0.384. The van der Waals surface area contributed by atoms with E-state index in [1.165, 1.54) is 21.9 Å². The molecule has 0 radical (unpaired) electrons. The van der Waals surface area contributed by atoms with E-state index in [4.69, 9.17) is 16.3 Å². The molecule has 2 heterocycles. The van der Waals surface area contributed by atoms with Gasteiger partial charge in [0, 0.05) is 30.6 Å². The van der Waals surface area contributed by atoms with Gasteiger partial charge in [0.15, 0.2) is 6.61 Å². The summed E-state index contributed by atoms with van der Waals surface area (Å²) in [4.78, 5) is 65.4. The van der Waals surface area contributed by atoms with Crippen molar-refractivity contribution in [1.29, 1.82) is 0 Å². The molecule has 2 aromatic carbocycles. The number of hydrogen-bond donors (Lipinski definition) is 1. The smallest absolute Gasteiger partial charge is 0.354 e. The first-order chi connectivity index (χ1) is 16.7. The molecule has 3 amide bonds. The average Bonchev–Trinajstić information content (AvgIpc) is 3.60. The molecule has 0 spiro atoms. The number of benzene rings is 2. The number of nitro benzene ring substituents is 1. The van der Waals surface area contributed by atoms with Gasteiger partial charge in [-0.3, -0.25) is 29.4 Å². The Balaban J connectivity index is 1.39. The van der Waals surface area contributed by atoms with Crippen LogP contribution >= 0.6 is 11.6 Å². The lowest BCUT2D eigenvalue weighted by Gasteiger charge is -2.48. The molecule has 180 valence electrons. The third-order valence-corrected chi connectivity index (χ3v) is 6.62. The normalized spacial score (nSPS) is 20.8. The number of hydrogen-bond acceptors (Lipinski definition) is 7. The standard InChI is InChI=1S/C23H19ClN4O7/c24-16-8-5-13(11-18(16)28(33)34)25-19(29)12-35-22(32)23-10-9-20(30)27(23)17-4-2-1-3-15(17)21(31)26(23)14-6-7-14/h1-5,8,11,14H,6-7,9-10,12H2,(H,25,29). The number of para-hydroxylation sites is 1. The number of rotatable bonds is 6. The Kier molecular flexibility index (Phi) is 5.43. The fraction of sp³-hybridized carbons (Fsp3) is 0.304. The van der Waals surface area contributed by atoms with E-state index in [2.05, 4.69) is 5.32 Å². The summed E-state index contributed by atoms with van der Waals surface area (Å²) in [6.45, 7) is -0.715. The largest absolute Gasteiger partial charge is 0.452 e. The second-order valence-corrected chi connectivity index (χ2v) is 8.92. The minimum Gasteiger partial charge on any atom is -0.452 e. The molecule has 3 aliphatic rings. The molecule has 1 unspecified atom stereocenters. The third kappa shape index (κ3) is 3.68. The Bertz CT molecular complexity index is 1290. The van der Waals surface area contributed by atoms with E-state index < -0.39 is 29.1 Å². The molecule has 0 bridgehead atoms. The Hall–Kier alpha value is -3.99. The molecule has 1 atom stereocenters. The minimum atomic E-state index is -1.66. The van der Waals surface area contributed by atoms with Crippen LogP contribution in [-0.2, 0) is 19.1 Å². The molecular weight excluding hydrogens is 480 g/mol. The molecule has 2 aromatic rings. The van der Waals surface area contributed by atoms with Crippen molar-refractivity contribution in [2.24, 2.45) is 0 Å². The highest BCUT2D eigenvalue weighted by atomic mass is 35.5. The molecule has 1 saturated heterocycles. The van der Waals surface area contributed by atoms with Crippen LogP contribution in [0.4, 0.5) is 17.1 Å². The predicted molar refractivity (Wildman–Crippen MR) is 123 cm³/mol. The first kappa shape index (κ1) is 22.8. The van der Waals surface area contributed by atoms with Crippen LogP contribution in [0.1, 0.15) is 36.0 Å². The zero-order valence-electron chi connectivity index (χ0n) is 18.2. The molecule has 35 heavy (non-hydrogen) atoms. The zero-order chi connectivity index (χ0) is 24.9. The van der Waals surface area contributed by atoms with E-state index in [9.17, 15) is 29.3 Å². The Labute approximate surface area is 203 Å². The molecule has 2 aliphatic heterocycles. The second-order valence-electron chi connectivity index (χ2n) is 8.52. The van der Waals surface area contributed by atoms with Crippen LogP contribution in [0, 0.1) is 10.1 Å².